The molecule has 0 saturated heterocycles. The Labute approximate surface area is 142 Å². The number of carbonyl (C=O) groups is 1. The van der Waals surface area contributed by atoms with Gasteiger partial charge in [-0.15, -0.1) is 0 Å². The average molecular weight is 353 g/mol. The maximum absolute atomic E-state index is 13.3. The first-order valence-electron chi connectivity index (χ1n) is 7.77. The lowest BCUT2D eigenvalue weighted by Gasteiger charge is -2.20. The van der Waals surface area contributed by atoms with Gasteiger partial charge in [-0.1, -0.05) is 12.1 Å². The van der Waals surface area contributed by atoms with E-state index in [0.717, 1.165) is 16.8 Å². The largest absolute Gasteiger partial charge is 0.418 e. The Morgan fingerprint density at radius 1 is 1.20 bits per heavy atom. The summed E-state index contributed by atoms with van der Waals surface area (Å²) in [6, 6.07) is 6.01. The number of para-hydroxylation sites is 1. The number of halogens is 3. The van der Waals surface area contributed by atoms with Crippen molar-refractivity contribution in [3.05, 3.63) is 57.5 Å². The molecular weight excluding hydrogens is 335 g/mol. The van der Waals surface area contributed by atoms with Crippen molar-refractivity contribution in [3.8, 4) is 5.69 Å². The van der Waals surface area contributed by atoms with Crippen molar-refractivity contribution in [2.24, 2.45) is 0 Å². The first-order valence-corrected chi connectivity index (χ1v) is 7.77. The lowest BCUT2D eigenvalue weighted by molar-refractivity contribution is -0.137. The van der Waals surface area contributed by atoms with E-state index >= 15 is 0 Å². The van der Waals surface area contributed by atoms with Gasteiger partial charge in [0.15, 0.2) is 5.69 Å². The van der Waals surface area contributed by atoms with Crippen LogP contribution in [0, 0.1) is 6.92 Å². The fraction of sp³-hybridized carbons (Fsp3) is 0.353. The van der Waals surface area contributed by atoms with Crippen molar-refractivity contribution >= 4 is 5.91 Å². The highest BCUT2D eigenvalue weighted by Gasteiger charge is 2.34. The van der Waals surface area contributed by atoms with Crippen LogP contribution in [0.1, 0.15) is 35.6 Å². The number of carbonyl (C=O) groups excluding carboxylic acids is 1. The third kappa shape index (κ3) is 3.72. The van der Waals surface area contributed by atoms with Gasteiger partial charge in [-0.3, -0.25) is 9.59 Å². The van der Waals surface area contributed by atoms with Crippen molar-refractivity contribution in [2.75, 3.05) is 13.1 Å². The van der Waals surface area contributed by atoms with Crippen molar-refractivity contribution in [1.29, 1.82) is 0 Å². The molecule has 0 aliphatic rings. The molecule has 2 rings (SSSR count). The summed E-state index contributed by atoms with van der Waals surface area (Å²) in [7, 11) is 0. The predicted molar refractivity (Wildman–Crippen MR) is 86.8 cm³/mol. The summed E-state index contributed by atoms with van der Waals surface area (Å²) in [6.45, 7) is 5.68. The molecule has 0 spiro atoms. The molecule has 0 N–H and O–H groups in total. The topological polar surface area (TPSA) is 55.2 Å². The maximum Gasteiger partial charge on any atom is 0.418 e. The molecule has 0 saturated carbocycles. The van der Waals surface area contributed by atoms with Crippen molar-refractivity contribution < 1.29 is 18.0 Å². The van der Waals surface area contributed by atoms with Gasteiger partial charge in [-0.2, -0.15) is 18.3 Å². The summed E-state index contributed by atoms with van der Waals surface area (Å²) in [4.78, 5) is 26.0. The zero-order valence-corrected chi connectivity index (χ0v) is 14.1. The van der Waals surface area contributed by atoms with Crippen LogP contribution in [0.3, 0.4) is 0 Å². The molecule has 25 heavy (non-hydrogen) atoms. The molecule has 1 aromatic carbocycles. The number of nitrogens with zero attached hydrogens (tertiary/aromatic N) is 3. The Morgan fingerprint density at radius 2 is 1.80 bits per heavy atom. The van der Waals surface area contributed by atoms with E-state index in [-0.39, 0.29) is 11.4 Å². The van der Waals surface area contributed by atoms with Gasteiger partial charge in [0.2, 0.25) is 5.43 Å². The first-order chi connectivity index (χ1) is 11.7. The predicted octanol–water partition coefficient (Wildman–Crippen LogP) is 3.04. The second-order valence-electron chi connectivity index (χ2n) is 5.40. The summed E-state index contributed by atoms with van der Waals surface area (Å²) >= 11 is 0. The standard InChI is InChI=1S/C17H18F3N3O2/c1-4-22(5-2)16(25)15-14(24)10-11(3)23(21-15)13-9-7-6-8-12(13)17(18,19)20/h6-10H,4-5H2,1-3H3. The van der Waals surface area contributed by atoms with Gasteiger partial charge in [0.1, 0.15) is 0 Å². The maximum atomic E-state index is 13.3. The lowest BCUT2D eigenvalue weighted by atomic mass is 10.1. The van der Waals surface area contributed by atoms with Crippen LogP contribution >= 0.6 is 0 Å². The summed E-state index contributed by atoms with van der Waals surface area (Å²) in [6.07, 6.45) is -4.59. The summed E-state index contributed by atoms with van der Waals surface area (Å²) < 4.78 is 40.8. The van der Waals surface area contributed by atoms with E-state index in [1.807, 2.05) is 0 Å². The van der Waals surface area contributed by atoms with Crippen LogP contribution in [0.5, 0.6) is 0 Å². The first kappa shape index (κ1) is 18.7. The summed E-state index contributed by atoms with van der Waals surface area (Å²) in [5, 5.41) is 3.95. The molecule has 5 nitrogen and oxygen atoms in total. The van der Waals surface area contributed by atoms with E-state index in [1.165, 1.54) is 30.0 Å². The number of hydrogen-bond acceptors (Lipinski definition) is 3. The summed E-state index contributed by atoms with van der Waals surface area (Å²) in [5.74, 6) is -0.603. The van der Waals surface area contributed by atoms with Crippen LogP contribution in [0.25, 0.3) is 5.69 Å². The molecule has 1 aromatic heterocycles. The zero-order chi connectivity index (χ0) is 18.8. The van der Waals surface area contributed by atoms with Crippen LogP contribution in [-0.2, 0) is 6.18 Å². The number of aryl methyl sites for hydroxylation is 1. The molecule has 2 aromatic rings. The molecule has 0 bridgehead atoms. The van der Waals surface area contributed by atoms with Gasteiger partial charge in [0.05, 0.1) is 11.3 Å². The molecule has 1 amide bonds. The summed E-state index contributed by atoms with van der Waals surface area (Å²) in [5.41, 5.74) is -1.93. The number of hydrogen-bond donors (Lipinski definition) is 0. The highest BCUT2D eigenvalue weighted by molar-refractivity contribution is 5.92. The van der Waals surface area contributed by atoms with Crippen molar-refractivity contribution in [2.45, 2.75) is 26.9 Å². The second-order valence-corrected chi connectivity index (χ2v) is 5.40. The number of amides is 1. The van der Waals surface area contributed by atoms with Crippen LogP contribution in [0.4, 0.5) is 13.2 Å². The molecule has 0 atom stereocenters. The molecular formula is C17H18F3N3O2. The zero-order valence-electron chi connectivity index (χ0n) is 14.1. The van der Waals surface area contributed by atoms with Crippen LogP contribution < -0.4 is 5.43 Å². The van der Waals surface area contributed by atoms with Crippen molar-refractivity contribution in [1.82, 2.24) is 14.7 Å². The molecule has 0 aliphatic heterocycles. The Bertz CT molecular complexity index is 840. The second kappa shape index (κ2) is 7.08. The van der Waals surface area contributed by atoms with Gasteiger partial charge >= 0.3 is 6.18 Å². The highest BCUT2D eigenvalue weighted by atomic mass is 19.4. The van der Waals surface area contributed by atoms with E-state index in [2.05, 4.69) is 5.10 Å². The van der Waals surface area contributed by atoms with Gasteiger partial charge < -0.3 is 4.90 Å². The van der Waals surface area contributed by atoms with E-state index < -0.39 is 28.8 Å². The normalized spacial score (nSPS) is 11.4. The van der Waals surface area contributed by atoms with Crippen LogP contribution in [-0.4, -0.2) is 33.7 Å². The van der Waals surface area contributed by atoms with Gasteiger partial charge in [0.25, 0.3) is 5.91 Å². The highest BCUT2D eigenvalue weighted by Crippen LogP contribution is 2.33. The molecule has 0 unspecified atom stereocenters. The van der Waals surface area contributed by atoms with Crippen LogP contribution in [0.15, 0.2) is 35.1 Å². The minimum atomic E-state index is -4.59. The average Bonchev–Trinajstić information content (AvgIpc) is 2.55. The fourth-order valence-corrected chi connectivity index (χ4v) is 2.50. The minimum Gasteiger partial charge on any atom is -0.338 e. The number of rotatable bonds is 4. The minimum absolute atomic E-state index is 0.206. The SMILES string of the molecule is CCN(CC)C(=O)c1nn(-c2ccccc2C(F)(F)F)c(C)cc1=O. The monoisotopic (exact) mass is 353 g/mol. The Kier molecular flexibility index (Phi) is 5.30. The molecule has 8 heteroatoms. The van der Waals surface area contributed by atoms with Crippen LogP contribution in [0.2, 0.25) is 0 Å². The van der Waals surface area contributed by atoms with Gasteiger partial charge in [-0.05, 0) is 32.9 Å². The Hall–Kier alpha value is -2.64. The molecule has 0 aliphatic carbocycles. The quantitative estimate of drug-likeness (QED) is 0.849. The van der Waals surface area contributed by atoms with E-state index in [0.29, 0.717) is 13.1 Å². The van der Waals surface area contributed by atoms with E-state index in [4.69, 9.17) is 0 Å². The molecule has 1 heterocycles. The van der Waals surface area contributed by atoms with Gasteiger partial charge in [-0.25, -0.2) is 4.68 Å². The number of benzene rings is 1. The lowest BCUT2D eigenvalue weighted by Crippen LogP contribution is -2.36. The van der Waals surface area contributed by atoms with Gasteiger partial charge in [0, 0.05) is 24.8 Å². The molecule has 134 valence electrons. The van der Waals surface area contributed by atoms with E-state index in [9.17, 15) is 22.8 Å². The Balaban J connectivity index is 2.68. The van der Waals surface area contributed by atoms with Crippen molar-refractivity contribution in [3.63, 3.8) is 0 Å². The number of alkyl halides is 3. The molecule has 0 radical (unpaired) electrons. The third-order valence-corrected chi connectivity index (χ3v) is 3.80. The van der Waals surface area contributed by atoms with E-state index in [1.54, 1.807) is 13.8 Å². The number of aromatic nitrogens is 2. The third-order valence-electron chi connectivity index (χ3n) is 3.80. The fourth-order valence-electron chi connectivity index (χ4n) is 2.50. The smallest absolute Gasteiger partial charge is 0.338 e. The molecule has 0 fully saturated rings. The Morgan fingerprint density at radius 3 is 2.36 bits per heavy atom.